The van der Waals surface area contributed by atoms with Crippen LogP contribution in [0.25, 0.3) is 0 Å². The van der Waals surface area contributed by atoms with E-state index in [1.807, 2.05) is 33.8 Å². The minimum absolute atomic E-state index is 0.0127. The lowest BCUT2D eigenvalue weighted by Crippen LogP contribution is -2.06. The average Bonchev–Trinajstić information content (AvgIpc) is 2.64. The molecule has 152 valence electrons. The van der Waals surface area contributed by atoms with Crippen LogP contribution in [0.3, 0.4) is 0 Å². The summed E-state index contributed by atoms with van der Waals surface area (Å²) in [5, 5.41) is 25.7. The molecule has 3 aromatic rings. The first-order valence-corrected chi connectivity index (χ1v) is 9.47. The van der Waals surface area contributed by atoms with Gasteiger partial charge in [-0.25, -0.2) is 9.37 Å². The summed E-state index contributed by atoms with van der Waals surface area (Å²) in [4.78, 5) is 8.26. The summed E-state index contributed by atoms with van der Waals surface area (Å²) in [6.07, 6.45) is 1.08. The van der Waals surface area contributed by atoms with E-state index in [0.29, 0.717) is 11.4 Å². The van der Waals surface area contributed by atoms with Crippen molar-refractivity contribution < 1.29 is 14.6 Å². The minimum Gasteiger partial charge on any atom is -0.508 e. The van der Waals surface area contributed by atoms with E-state index in [2.05, 4.69) is 20.6 Å². The van der Waals surface area contributed by atoms with Crippen LogP contribution in [0, 0.1) is 5.82 Å². The number of phenols is 2. The number of anilines is 4. The molecule has 0 amide bonds. The van der Waals surface area contributed by atoms with Crippen molar-refractivity contribution in [1.29, 1.82) is 0 Å². The Kier molecular flexibility index (Phi) is 5.87. The molecular formula is C22H25FN4O2. The fraction of sp³-hybridized carbons (Fsp3) is 0.273. The van der Waals surface area contributed by atoms with Gasteiger partial charge in [0.25, 0.3) is 0 Å². The van der Waals surface area contributed by atoms with Crippen molar-refractivity contribution in [3.63, 3.8) is 0 Å². The van der Waals surface area contributed by atoms with E-state index >= 15 is 0 Å². The number of nitrogens with one attached hydrogen (secondary N) is 2. The van der Waals surface area contributed by atoms with Gasteiger partial charge in [0.05, 0.1) is 6.20 Å². The first-order chi connectivity index (χ1) is 13.7. The number of phenolic OH excluding ortho intramolecular Hbond substituents is 2. The molecule has 0 radical (unpaired) electrons. The Bertz CT molecular complexity index is 1020. The molecule has 6 nitrogen and oxygen atoms in total. The number of aromatic hydroxyl groups is 2. The second kappa shape index (κ2) is 8.34. The van der Waals surface area contributed by atoms with E-state index in [4.69, 9.17) is 0 Å². The predicted molar refractivity (Wildman–Crippen MR) is 113 cm³/mol. The van der Waals surface area contributed by atoms with Crippen molar-refractivity contribution >= 4 is 23.1 Å². The van der Waals surface area contributed by atoms with Crippen LogP contribution in [0.4, 0.5) is 27.5 Å². The molecule has 3 rings (SSSR count). The number of hydrogen-bond acceptors (Lipinski definition) is 6. The SMILES string of the molecule is CC(C)c1ccc(O)cc1Nc1ncc(F)c(Nc2cc(O)ccc2C(C)C)n1. The number of benzene rings is 2. The predicted octanol–water partition coefficient (Wildman–Crippen LogP) is 5.76. The van der Waals surface area contributed by atoms with Crippen LogP contribution in [0.1, 0.15) is 50.7 Å². The van der Waals surface area contributed by atoms with E-state index in [1.54, 1.807) is 24.3 Å². The molecule has 4 N–H and O–H groups in total. The van der Waals surface area contributed by atoms with Crippen molar-refractivity contribution in [2.24, 2.45) is 0 Å². The van der Waals surface area contributed by atoms with Crippen molar-refractivity contribution in [3.8, 4) is 11.5 Å². The Labute approximate surface area is 169 Å². The maximum atomic E-state index is 14.4. The third-order valence-electron chi connectivity index (χ3n) is 4.56. The second-order valence-corrected chi connectivity index (χ2v) is 7.49. The number of nitrogens with zero attached hydrogens (tertiary/aromatic N) is 2. The Morgan fingerprint density at radius 3 is 1.86 bits per heavy atom. The van der Waals surface area contributed by atoms with Gasteiger partial charge in [0.15, 0.2) is 11.6 Å². The van der Waals surface area contributed by atoms with Crippen molar-refractivity contribution in [2.75, 3.05) is 10.6 Å². The fourth-order valence-electron chi connectivity index (χ4n) is 3.07. The van der Waals surface area contributed by atoms with Gasteiger partial charge in [0.2, 0.25) is 5.95 Å². The summed E-state index contributed by atoms with van der Waals surface area (Å²) in [6.45, 7) is 8.09. The number of aromatic nitrogens is 2. The van der Waals surface area contributed by atoms with Crippen LogP contribution in [0.5, 0.6) is 11.5 Å². The highest BCUT2D eigenvalue weighted by Gasteiger charge is 2.14. The first-order valence-electron chi connectivity index (χ1n) is 9.47. The molecule has 0 unspecified atom stereocenters. The van der Waals surface area contributed by atoms with Gasteiger partial charge in [-0.2, -0.15) is 4.98 Å². The topological polar surface area (TPSA) is 90.3 Å². The van der Waals surface area contributed by atoms with Gasteiger partial charge < -0.3 is 20.8 Å². The summed E-state index contributed by atoms with van der Waals surface area (Å²) in [5.74, 6) is 0.116. The monoisotopic (exact) mass is 396 g/mol. The summed E-state index contributed by atoms with van der Waals surface area (Å²) in [5.41, 5.74) is 3.12. The summed E-state index contributed by atoms with van der Waals surface area (Å²) in [6, 6.07) is 9.96. The quantitative estimate of drug-likeness (QED) is 0.423. The average molecular weight is 396 g/mol. The molecule has 0 saturated heterocycles. The third kappa shape index (κ3) is 4.74. The second-order valence-electron chi connectivity index (χ2n) is 7.49. The van der Waals surface area contributed by atoms with Crippen molar-refractivity contribution in [1.82, 2.24) is 9.97 Å². The van der Waals surface area contributed by atoms with E-state index in [-0.39, 0.29) is 35.1 Å². The zero-order valence-electron chi connectivity index (χ0n) is 16.9. The Hall–Kier alpha value is -3.35. The lowest BCUT2D eigenvalue weighted by atomic mass is 10.0. The van der Waals surface area contributed by atoms with Gasteiger partial charge in [0, 0.05) is 23.5 Å². The molecule has 0 saturated carbocycles. The molecule has 0 aliphatic heterocycles. The molecule has 0 aliphatic carbocycles. The number of rotatable bonds is 6. The highest BCUT2D eigenvalue weighted by molar-refractivity contribution is 5.66. The highest BCUT2D eigenvalue weighted by Crippen LogP contribution is 2.32. The molecular weight excluding hydrogens is 371 g/mol. The Morgan fingerprint density at radius 1 is 0.828 bits per heavy atom. The zero-order chi connectivity index (χ0) is 21.1. The third-order valence-corrected chi connectivity index (χ3v) is 4.56. The number of hydrogen-bond donors (Lipinski definition) is 4. The molecule has 29 heavy (non-hydrogen) atoms. The summed E-state index contributed by atoms with van der Waals surface area (Å²) < 4.78 is 14.4. The molecule has 0 bridgehead atoms. The van der Waals surface area contributed by atoms with E-state index < -0.39 is 5.82 Å². The highest BCUT2D eigenvalue weighted by atomic mass is 19.1. The van der Waals surface area contributed by atoms with E-state index in [1.165, 1.54) is 6.07 Å². The van der Waals surface area contributed by atoms with Crippen molar-refractivity contribution in [3.05, 3.63) is 59.5 Å². The lowest BCUT2D eigenvalue weighted by molar-refractivity contribution is 0.474. The molecule has 0 atom stereocenters. The van der Waals surface area contributed by atoms with Crippen LogP contribution in [0.2, 0.25) is 0 Å². The molecule has 1 heterocycles. The van der Waals surface area contributed by atoms with Gasteiger partial charge in [-0.3, -0.25) is 0 Å². The van der Waals surface area contributed by atoms with E-state index in [9.17, 15) is 14.6 Å². The standard InChI is InChI=1S/C22H25FN4O2/c1-12(2)16-7-5-14(28)9-19(16)25-21-18(23)11-24-22(27-21)26-20-10-15(29)6-8-17(20)13(3)4/h5-13,28-29H,1-4H3,(H2,24,25,26,27). The molecule has 7 heteroatoms. The van der Waals surface area contributed by atoms with Crippen molar-refractivity contribution in [2.45, 2.75) is 39.5 Å². The molecule has 0 spiro atoms. The molecule has 0 fully saturated rings. The van der Waals surface area contributed by atoms with Gasteiger partial charge in [-0.15, -0.1) is 0 Å². The van der Waals surface area contributed by atoms with Crippen LogP contribution in [-0.2, 0) is 0 Å². The zero-order valence-corrected chi connectivity index (χ0v) is 16.9. The normalized spacial score (nSPS) is 11.1. The maximum absolute atomic E-state index is 14.4. The summed E-state index contributed by atoms with van der Waals surface area (Å²) in [7, 11) is 0. The first kappa shape index (κ1) is 20.4. The van der Waals surface area contributed by atoms with Crippen LogP contribution in [0.15, 0.2) is 42.6 Å². The molecule has 0 aliphatic rings. The smallest absolute Gasteiger partial charge is 0.229 e. The lowest BCUT2D eigenvalue weighted by Gasteiger charge is -2.17. The Morgan fingerprint density at radius 2 is 1.34 bits per heavy atom. The van der Waals surface area contributed by atoms with Gasteiger partial charge in [-0.1, -0.05) is 39.8 Å². The van der Waals surface area contributed by atoms with Gasteiger partial charge in [0.1, 0.15) is 11.5 Å². The number of halogens is 1. The van der Waals surface area contributed by atoms with Gasteiger partial charge >= 0.3 is 0 Å². The maximum Gasteiger partial charge on any atom is 0.229 e. The summed E-state index contributed by atoms with van der Waals surface area (Å²) >= 11 is 0. The molecule has 2 aromatic carbocycles. The van der Waals surface area contributed by atoms with Crippen LogP contribution in [-0.4, -0.2) is 20.2 Å². The largest absolute Gasteiger partial charge is 0.508 e. The van der Waals surface area contributed by atoms with E-state index in [0.717, 1.165) is 17.3 Å². The molecule has 1 aromatic heterocycles. The van der Waals surface area contributed by atoms with Crippen LogP contribution >= 0.6 is 0 Å². The fourth-order valence-corrected chi connectivity index (χ4v) is 3.07. The van der Waals surface area contributed by atoms with Crippen LogP contribution < -0.4 is 10.6 Å². The Balaban J connectivity index is 1.95. The minimum atomic E-state index is -0.617. The van der Waals surface area contributed by atoms with Gasteiger partial charge in [-0.05, 0) is 35.1 Å².